The topological polar surface area (TPSA) is 49.3 Å². The van der Waals surface area contributed by atoms with Gasteiger partial charge in [-0.1, -0.05) is 25.1 Å². The van der Waals surface area contributed by atoms with Crippen molar-refractivity contribution in [1.29, 1.82) is 0 Å². The zero-order valence-corrected chi connectivity index (χ0v) is 18.1. The number of halogens is 2. The van der Waals surface area contributed by atoms with Crippen molar-refractivity contribution < 1.29 is 4.39 Å². The predicted octanol–water partition coefficient (Wildman–Crippen LogP) is 4.07. The van der Waals surface area contributed by atoms with E-state index in [1.165, 1.54) is 16.6 Å². The van der Waals surface area contributed by atoms with Gasteiger partial charge in [-0.15, -0.1) is 35.3 Å². The number of benzene rings is 1. The first kappa shape index (κ1) is 21.8. The van der Waals surface area contributed by atoms with Gasteiger partial charge in [0.2, 0.25) is 0 Å². The molecule has 7 heteroatoms. The Morgan fingerprint density at radius 3 is 2.64 bits per heavy atom. The number of nitrogens with one attached hydrogen (secondary N) is 2. The standard InChI is InChI=1S/C18H25FN4S.HI/c1-4-16-13(3)24-17(23-16)10-11-21-18(20-5-2)22-12-14-8-6-7-9-15(14)19;/h6-9H,4-5,10-12H2,1-3H3,(H2,20,21,22);1H. The van der Waals surface area contributed by atoms with Gasteiger partial charge in [-0.25, -0.2) is 14.4 Å². The number of thiazole rings is 1. The Bertz CT molecular complexity index is 687. The van der Waals surface area contributed by atoms with Gasteiger partial charge in [-0.3, -0.25) is 0 Å². The lowest BCUT2D eigenvalue weighted by molar-refractivity contribution is 0.610. The van der Waals surface area contributed by atoms with Gasteiger partial charge in [0, 0.05) is 30.0 Å². The fourth-order valence-corrected chi connectivity index (χ4v) is 3.36. The molecule has 0 fully saturated rings. The molecule has 2 aromatic rings. The van der Waals surface area contributed by atoms with Crippen LogP contribution in [-0.2, 0) is 19.4 Å². The molecule has 0 aliphatic carbocycles. The molecule has 2 N–H and O–H groups in total. The van der Waals surface area contributed by atoms with Gasteiger partial charge >= 0.3 is 0 Å². The molecule has 1 heterocycles. The first-order valence-corrected chi connectivity index (χ1v) is 9.16. The lowest BCUT2D eigenvalue weighted by atomic mass is 10.2. The summed E-state index contributed by atoms with van der Waals surface area (Å²) < 4.78 is 13.7. The molecule has 0 amide bonds. The SMILES string of the molecule is CCNC(=NCc1ccccc1F)NCCc1nc(CC)c(C)s1.I. The summed E-state index contributed by atoms with van der Waals surface area (Å²) in [5.41, 5.74) is 1.79. The van der Waals surface area contributed by atoms with E-state index in [9.17, 15) is 4.39 Å². The van der Waals surface area contributed by atoms with Crippen LogP contribution in [0.2, 0.25) is 0 Å². The molecule has 138 valence electrons. The molecule has 0 aliphatic heterocycles. The summed E-state index contributed by atoms with van der Waals surface area (Å²) in [6.07, 6.45) is 1.83. The molecule has 0 spiro atoms. The number of rotatable bonds is 7. The number of guanidine groups is 1. The maximum Gasteiger partial charge on any atom is 0.191 e. The Morgan fingerprint density at radius 1 is 1.24 bits per heavy atom. The van der Waals surface area contributed by atoms with E-state index in [1.807, 2.05) is 13.0 Å². The first-order valence-electron chi connectivity index (χ1n) is 8.34. The normalized spacial score (nSPS) is 11.1. The van der Waals surface area contributed by atoms with E-state index >= 15 is 0 Å². The van der Waals surface area contributed by atoms with Crippen molar-refractivity contribution in [2.75, 3.05) is 13.1 Å². The predicted molar refractivity (Wildman–Crippen MR) is 115 cm³/mol. The van der Waals surface area contributed by atoms with Gasteiger partial charge in [0.25, 0.3) is 0 Å². The van der Waals surface area contributed by atoms with Crippen LogP contribution in [0.4, 0.5) is 4.39 Å². The molecule has 0 bridgehead atoms. The first-order chi connectivity index (χ1) is 11.6. The minimum absolute atomic E-state index is 0. The molecule has 4 nitrogen and oxygen atoms in total. The Balaban J connectivity index is 0.00000312. The number of aromatic nitrogens is 1. The molecule has 25 heavy (non-hydrogen) atoms. The average Bonchev–Trinajstić information content (AvgIpc) is 2.93. The average molecular weight is 476 g/mol. The van der Waals surface area contributed by atoms with Crippen molar-refractivity contribution in [1.82, 2.24) is 15.6 Å². The van der Waals surface area contributed by atoms with Crippen molar-refractivity contribution in [3.8, 4) is 0 Å². The number of hydrogen-bond donors (Lipinski definition) is 2. The van der Waals surface area contributed by atoms with Crippen LogP contribution in [0.15, 0.2) is 29.3 Å². The van der Waals surface area contributed by atoms with Gasteiger partial charge in [-0.2, -0.15) is 0 Å². The summed E-state index contributed by atoms with van der Waals surface area (Å²) in [4.78, 5) is 10.4. The molecular weight excluding hydrogens is 450 g/mol. The summed E-state index contributed by atoms with van der Waals surface area (Å²) >= 11 is 1.76. The van der Waals surface area contributed by atoms with Crippen molar-refractivity contribution in [3.05, 3.63) is 51.2 Å². The molecule has 1 aromatic heterocycles. The third-order valence-electron chi connectivity index (χ3n) is 3.61. The highest BCUT2D eigenvalue weighted by Gasteiger charge is 2.06. The zero-order chi connectivity index (χ0) is 17.4. The second-order valence-corrected chi connectivity index (χ2v) is 6.72. The molecule has 0 aliphatic rings. The van der Waals surface area contributed by atoms with Crippen LogP contribution < -0.4 is 10.6 Å². The summed E-state index contributed by atoms with van der Waals surface area (Å²) in [6, 6.07) is 6.73. The number of aryl methyl sites for hydroxylation is 2. The molecule has 1 aromatic carbocycles. The Morgan fingerprint density at radius 2 is 2.00 bits per heavy atom. The maximum absolute atomic E-state index is 13.7. The summed E-state index contributed by atoms with van der Waals surface area (Å²) in [6.45, 7) is 8.09. The van der Waals surface area contributed by atoms with Crippen molar-refractivity contribution in [2.45, 2.75) is 40.2 Å². The van der Waals surface area contributed by atoms with Gasteiger partial charge in [0.15, 0.2) is 5.96 Å². The van der Waals surface area contributed by atoms with Crippen LogP contribution in [0.3, 0.4) is 0 Å². The minimum atomic E-state index is -0.220. The monoisotopic (exact) mass is 476 g/mol. The highest BCUT2D eigenvalue weighted by Crippen LogP contribution is 2.17. The van der Waals surface area contributed by atoms with Crippen molar-refractivity contribution in [2.24, 2.45) is 4.99 Å². The minimum Gasteiger partial charge on any atom is -0.357 e. The second kappa shape index (κ2) is 11.4. The van der Waals surface area contributed by atoms with E-state index in [1.54, 1.807) is 23.5 Å². The fourth-order valence-electron chi connectivity index (χ4n) is 2.34. The summed E-state index contributed by atoms with van der Waals surface area (Å²) in [5.74, 6) is 0.479. The Kier molecular flexibility index (Phi) is 9.96. The summed E-state index contributed by atoms with van der Waals surface area (Å²) in [7, 11) is 0. The molecule has 0 unspecified atom stereocenters. The van der Waals surface area contributed by atoms with E-state index in [4.69, 9.17) is 0 Å². The smallest absolute Gasteiger partial charge is 0.191 e. The van der Waals surface area contributed by atoms with Crippen LogP contribution in [0.5, 0.6) is 0 Å². The number of hydrogen-bond acceptors (Lipinski definition) is 3. The van der Waals surface area contributed by atoms with E-state index < -0.39 is 0 Å². The Labute approximate surface area is 170 Å². The quantitative estimate of drug-likeness (QED) is 0.360. The lowest BCUT2D eigenvalue weighted by Gasteiger charge is -2.10. The third-order valence-corrected chi connectivity index (χ3v) is 4.69. The van der Waals surface area contributed by atoms with Gasteiger partial charge in [0.05, 0.1) is 17.2 Å². The van der Waals surface area contributed by atoms with Gasteiger partial charge in [-0.05, 0) is 26.3 Å². The van der Waals surface area contributed by atoms with E-state index in [-0.39, 0.29) is 29.8 Å². The van der Waals surface area contributed by atoms with Crippen LogP contribution in [-0.4, -0.2) is 24.0 Å². The number of aliphatic imine (C=N–C) groups is 1. The largest absolute Gasteiger partial charge is 0.357 e. The van der Waals surface area contributed by atoms with Crippen molar-refractivity contribution >= 4 is 41.3 Å². The summed E-state index contributed by atoms with van der Waals surface area (Å²) in [5, 5.41) is 7.62. The lowest BCUT2D eigenvalue weighted by Crippen LogP contribution is -2.38. The molecule has 2 rings (SSSR count). The van der Waals surface area contributed by atoms with Crippen LogP contribution in [0.1, 0.15) is 35.0 Å². The Hall–Kier alpha value is -1.22. The van der Waals surface area contributed by atoms with E-state index in [0.29, 0.717) is 18.1 Å². The van der Waals surface area contributed by atoms with E-state index in [2.05, 4.69) is 34.5 Å². The van der Waals surface area contributed by atoms with Gasteiger partial charge in [0.1, 0.15) is 5.82 Å². The molecule has 0 saturated heterocycles. The molecule has 0 atom stereocenters. The van der Waals surface area contributed by atoms with Gasteiger partial charge < -0.3 is 10.6 Å². The van der Waals surface area contributed by atoms with Crippen molar-refractivity contribution in [3.63, 3.8) is 0 Å². The van der Waals surface area contributed by atoms with E-state index in [0.717, 1.165) is 30.9 Å². The second-order valence-electron chi connectivity index (χ2n) is 5.43. The third kappa shape index (κ3) is 6.89. The van der Waals surface area contributed by atoms with Crippen LogP contribution >= 0.6 is 35.3 Å². The van der Waals surface area contributed by atoms with Crippen LogP contribution in [0.25, 0.3) is 0 Å². The fraction of sp³-hybridized carbons (Fsp3) is 0.444. The molecular formula is C18H26FIN4S. The van der Waals surface area contributed by atoms with Crippen LogP contribution in [0, 0.1) is 12.7 Å². The zero-order valence-electron chi connectivity index (χ0n) is 14.9. The highest BCUT2D eigenvalue weighted by molar-refractivity contribution is 14.0. The number of nitrogens with zero attached hydrogens (tertiary/aromatic N) is 2. The molecule has 0 radical (unpaired) electrons. The molecule has 0 saturated carbocycles. The maximum atomic E-state index is 13.7. The highest BCUT2D eigenvalue weighted by atomic mass is 127.